The highest BCUT2D eigenvalue weighted by Crippen LogP contribution is 2.30. The van der Waals surface area contributed by atoms with E-state index in [0.29, 0.717) is 0 Å². The van der Waals surface area contributed by atoms with E-state index in [2.05, 4.69) is 52.4 Å². The molecule has 0 bridgehead atoms. The molecule has 2 atom stereocenters. The molecule has 1 N–H and O–H groups in total. The van der Waals surface area contributed by atoms with Gasteiger partial charge in [-0.1, -0.05) is 35.0 Å². The quantitative estimate of drug-likeness (QED) is 0.811. The van der Waals surface area contributed by atoms with Crippen molar-refractivity contribution in [3.8, 4) is 0 Å². The average Bonchev–Trinajstić information content (AvgIpc) is 2.20. The van der Waals surface area contributed by atoms with Crippen LogP contribution in [0.15, 0.2) is 28.7 Å². The number of nitrogens with one attached hydrogen (secondary N) is 1. The van der Waals surface area contributed by atoms with E-state index in [1.54, 1.807) is 0 Å². The Morgan fingerprint density at radius 1 is 1.29 bits per heavy atom. The summed E-state index contributed by atoms with van der Waals surface area (Å²) in [6, 6.07) is 8.78. The van der Waals surface area contributed by atoms with Crippen LogP contribution in [0, 0.1) is 5.92 Å². The van der Waals surface area contributed by atoms with E-state index in [0.717, 1.165) is 24.9 Å². The standard InChI is InChI=1S/C12H16BrN/c1-9-8-14-7-6-12(9)10-2-4-11(13)5-3-10/h2-5,9,12,14H,6-8H2,1H3/t9-,12-/m0/s1. The smallest absolute Gasteiger partial charge is 0.0175 e. The fourth-order valence-corrected chi connectivity index (χ4v) is 2.48. The van der Waals surface area contributed by atoms with Crippen LogP contribution in [0.1, 0.15) is 24.8 Å². The minimum absolute atomic E-state index is 0.740. The first-order valence-electron chi connectivity index (χ1n) is 5.23. The molecule has 0 aliphatic carbocycles. The lowest BCUT2D eigenvalue weighted by molar-refractivity contribution is 0.349. The second kappa shape index (κ2) is 4.45. The Kier molecular flexibility index (Phi) is 3.24. The van der Waals surface area contributed by atoms with Crippen molar-refractivity contribution >= 4 is 15.9 Å². The molecule has 1 aliphatic heterocycles. The van der Waals surface area contributed by atoms with Crippen LogP contribution in [-0.2, 0) is 0 Å². The van der Waals surface area contributed by atoms with Gasteiger partial charge in [-0.3, -0.25) is 0 Å². The molecule has 14 heavy (non-hydrogen) atoms. The summed E-state index contributed by atoms with van der Waals surface area (Å²) >= 11 is 3.47. The highest BCUT2D eigenvalue weighted by Gasteiger charge is 2.22. The summed E-state index contributed by atoms with van der Waals surface area (Å²) in [6.45, 7) is 4.64. The molecule has 0 unspecified atom stereocenters. The van der Waals surface area contributed by atoms with E-state index >= 15 is 0 Å². The summed E-state index contributed by atoms with van der Waals surface area (Å²) in [6.07, 6.45) is 1.27. The Morgan fingerprint density at radius 2 is 2.00 bits per heavy atom. The minimum Gasteiger partial charge on any atom is -0.316 e. The monoisotopic (exact) mass is 253 g/mol. The number of piperidine rings is 1. The Hall–Kier alpha value is -0.340. The molecule has 1 saturated heterocycles. The first-order chi connectivity index (χ1) is 6.77. The van der Waals surface area contributed by atoms with Crippen molar-refractivity contribution in [2.75, 3.05) is 13.1 Å². The Bertz CT molecular complexity index is 294. The number of hydrogen-bond acceptors (Lipinski definition) is 1. The van der Waals surface area contributed by atoms with Crippen LogP contribution in [0.5, 0.6) is 0 Å². The maximum Gasteiger partial charge on any atom is 0.0175 e. The molecule has 0 amide bonds. The lowest BCUT2D eigenvalue weighted by atomic mass is 9.82. The molecule has 1 aliphatic rings. The van der Waals surface area contributed by atoms with Gasteiger partial charge in [-0.05, 0) is 49.0 Å². The summed E-state index contributed by atoms with van der Waals surface area (Å²) in [7, 11) is 0. The van der Waals surface area contributed by atoms with E-state index < -0.39 is 0 Å². The van der Waals surface area contributed by atoms with Gasteiger partial charge in [-0.15, -0.1) is 0 Å². The normalized spacial score (nSPS) is 27.6. The predicted octanol–water partition coefficient (Wildman–Crippen LogP) is 3.16. The molecule has 0 aromatic heterocycles. The number of halogens is 1. The third-order valence-electron chi connectivity index (χ3n) is 3.08. The van der Waals surface area contributed by atoms with Gasteiger partial charge in [0.05, 0.1) is 0 Å². The molecule has 1 nitrogen and oxygen atoms in total. The SMILES string of the molecule is C[C@H]1CNCC[C@@H]1c1ccc(Br)cc1. The third-order valence-corrected chi connectivity index (χ3v) is 3.61. The lowest BCUT2D eigenvalue weighted by Gasteiger charge is -2.29. The minimum atomic E-state index is 0.740. The van der Waals surface area contributed by atoms with Gasteiger partial charge in [-0.25, -0.2) is 0 Å². The van der Waals surface area contributed by atoms with Gasteiger partial charge in [0.25, 0.3) is 0 Å². The maximum absolute atomic E-state index is 3.47. The second-order valence-corrected chi connectivity index (χ2v) is 5.04. The van der Waals surface area contributed by atoms with Crippen LogP contribution in [0.2, 0.25) is 0 Å². The fourth-order valence-electron chi connectivity index (χ4n) is 2.22. The largest absolute Gasteiger partial charge is 0.316 e. The Morgan fingerprint density at radius 3 is 2.64 bits per heavy atom. The van der Waals surface area contributed by atoms with Crippen LogP contribution >= 0.6 is 15.9 Å². The zero-order valence-electron chi connectivity index (χ0n) is 8.46. The van der Waals surface area contributed by atoms with Crippen molar-refractivity contribution < 1.29 is 0 Å². The summed E-state index contributed by atoms with van der Waals surface area (Å²) in [5.74, 6) is 1.49. The molecule has 0 radical (unpaired) electrons. The van der Waals surface area contributed by atoms with Crippen molar-refractivity contribution in [2.24, 2.45) is 5.92 Å². The van der Waals surface area contributed by atoms with Gasteiger partial charge >= 0.3 is 0 Å². The van der Waals surface area contributed by atoms with Gasteiger partial charge in [0.1, 0.15) is 0 Å². The number of hydrogen-bond donors (Lipinski definition) is 1. The third kappa shape index (κ3) is 2.18. The summed E-state index contributed by atoms with van der Waals surface area (Å²) < 4.78 is 1.17. The van der Waals surface area contributed by atoms with Crippen LogP contribution in [0.3, 0.4) is 0 Å². The number of rotatable bonds is 1. The van der Waals surface area contributed by atoms with Crippen molar-refractivity contribution in [3.05, 3.63) is 34.3 Å². The van der Waals surface area contributed by atoms with Crippen LogP contribution in [0.25, 0.3) is 0 Å². The molecule has 1 aromatic rings. The van der Waals surface area contributed by atoms with Crippen LogP contribution in [0.4, 0.5) is 0 Å². The molecule has 1 fully saturated rings. The van der Waals surface area contributed by atoms with E-state index in [9.17, 15) is 0 Å². The maximum atomic E-state index is 3.47. The van der Waals surface area contributed by atoms with Gasteiger partial charge in [0, 0.05) is 4.47 Å². The summed E-state index contributed by atoms with van der Waals surface area (Å²) in [4.78, 5) is 0. The predicted molar refractivity (Wildman–Crippen MR) is 63.5 cm³/mol. The van der Waals surface area contributed by atoms with Crippen molar-refractivity contribution in [3.63, 3.8) is 0 Å². The molecule has 1 aromatic carbocycles. The molecule has 2 heteroatoms. The van der Waals surface area contributed by atoms with Gasteiger partial charge in [-0.2, -0.15) is 0 Å². The number of benzene rings is 1. The molecular weight excluding hydrogens is 238 g/mol. The molecule has 1 heterocycles. The zero-order chi connectivity index (χ0) is 9.97. The molecule has 76 valence electrons. The van der Waals surface area contributed by atoms with Crippen molar-refractivity contribution in [1.29, 1.82) is 0 Å². The van der Waals surface area contributed by atoms with Gasteiger partial charge in [0.2, 0.25) is 0 Å². The van der Waals surface area contributed by atoms with E-state index in [1.807, 2.05) is 0 Å². The summed E-state index contributed by atoms with van der Waals surface area (Å²) in [5.41, 5.74) is 1.49. The highest BCUT2D eigenvalue weighted by molar-refractivity contribution is 9.10. The van der Waals surface area contributed by atoms with E-state index in [-0.39, 0.29) is 0 Å². The van der Waals surface area contributed by atoms with Crippen LogP contribution < -0.4 is 5.32 Å². The summed E-state index contributed by atoms with van der Waals surface area (Å²) in [5, 5.41) is 3.44. The van der Waals surface area contributed by atoms with Crippen molar-refractivity contribution in [2.45, 2.75) is 19.3 Å². The van der Waals surface area contributed by atoms with Gasteiger partial charge in [0.15, 0.2) is 0 Å². The zero-order valence-corrected chi connectivity index (χ0v) is 10.0. The average molecular weight is 254 g/mol. The second-order valence-electron chi connectivity index (χ2n) is 4.13. The lowest BCUT2D eigenvalue weighted by Crippen LogP contribution is -2.33. The van der Waals surface area contributed by atoms with E-state index in [4.69, 9.17) is 0 Å². The topological polar surface area (TPSA) is 12.0 Å². The molecule has 0 spiro atoms. The Labute approximate surface area is 94.0 Å². The van der Waals surface area contributed by atoms with Crippen molar-refractivity contribution in [1.82, 2.24) is 5.32 Å². The first-order valence-corrected chi connectivity index (χ1v) is 6.03. The van der Waals surface area contributed by atoms with Crippen LogP contribution in [-0.4, -0.2) is 13.1 Å². The Balaban J connectivity index is 2.16. The van der Waals surface area contributed by atoms with Gasteiger partial charge < -0.3 is 5.32 Å². The van der Waals surface area contributed by atoms with E-state index in [1.165, 1.54) is 16.5 Å². The molecular formula is C12H16BrN. The molecule has 2 rings (SSSR count). The molecule has 0 saturated carbocycles. The highest BCUT2D eigenvalue weighted by atomic mass is 79.9. The first kappa shape index (κ1) is 10.2. The fraction of sp³-hybridized carbons (Fsp3) is 0.500.